The van der Waals surface area contributed by atoms with E-state index in [9.17, 15) is 13.3 Å². The van der Waals surface area contributed by atoms with Crippen molar-refractivity contribution in [3.05, 3.63) is 4.91 Å². The van der Waals surface area contributed by atoms with Gasteiger partial charge < -0.3 is 4.84 Å². The first kappa shape index (κ1) is 11.3. The van der Waals surface area contributed by atoms with Crippen LogP contribution in [0.15, 0.2) is 5.34 Å². The molecule has 0 atom stereocenters. The number of rotatable bonds is 7. The lowest BCUT2D eigenvalue weighted by Gasteiger charge is -2.01. The second-order valence-electron chi connectivity index (χ2n) is 2.08. The first-order valence-corrected chi connectivity index (χ1v) is 5.19. The zero-order valence-corrected chi connectivity index (χ0v) is 7.63. The topological polar surface area (TPSA) is 84.8 Å². The molecular weight excluding hydrogens is 184 g/mol. The molecule has 1 N–H and O–H groups in total. The second-order valence-corrected chi connectivity index (χ2v) is 4.00. The number of sulfonamides is 1. The van der Waals surface area contributed by atoms with Crippen LogP contribution in [-0.2, 0) is 14.9 Å². The van der Waals surface area contributed by atoms with Crippen molar-refractivity contribution in [3.8, 4) is 0 Å². The molecule has 0 aromatic rings. The van der Waals surface area contributed by atoms with Crippen LogP contribution < -0.4 is 4.72 Å². The highest BCUT2D eigenvalue weighted by Crippen LogP contribution is 1.90. The smallest absolute Gasteiger partial charge is 0.211 e. The normalized spacial score (nSPS) is 11.1. The standard InChI is InChI=1S/C5H12N2O4S/c1-2-6-12(9,10)5-3-4-11-7-8/h6H,2-5H2,1H3. The van der Waals surface area contributed by atoms with Crippen molar-refractivity contribution in [2.75, 3.05) is 18.9 Å². The van der Waals surface area contributed by atoms with E-state index < -0.39 is 10.0 Å². The van der Waals surface area contributed by atoms with Gasteiger partial charge >= 0.3 is 0 Å². The summed E-state index contributed by atoms with van der Waals surface area (Å²) >= 11 is 0. The number of hydrogen-bond donors (Lipinski definition) is 1. The van der Waals surface area contributed by atoms with E-state index in [0.717, 1.165) is 0 Å². The lowest BCUT2D eigenvalue weighted by molar-refractivity contribution is 0.141. The van der Waals surface area contributed by atoms with Gasteiger partial charge in [0.2, 0.25) is 10.0 Å². The van der Waals surface area contributed by atoms with Crippen LogP contribution in [-0.4, -0.2) is 27.3 Å². The Bertz CT molecular complexity index is 213. The minimum absolute atomic E-state index is 0.0358. The second kappa shape index (κ2) is 5.90. The van der Waals surface area contributed by atoms with Crippen LogP contribution >= 0.6 is 0 Å². The van der Waals surface area contributed by atoms with Crippen molar-refractivity contribution >= 4 is 10.0 Å². The Morgan fingerprint density at radius 3 is 2.67 bits per heavy atom. The summed E-state index contributed by atoms with van der Waals surface area (Å²) in [5.41, 5.74) is 0. The van der Waals surface area contributed by atoms with Crippen LogP contribution in [0.4, 0.5) is 0 Å². The van der Waals surface area contributed by atoms with E-state index in [4.69, 9.17) is 0 Å². The molecule has 7 heteroatoms. The lowest BCUT2D eigenvalue weighted by Crippen LogP contribution is -2.26. The van der Waals surface area contributed by atoms with Gasteiger partial charge in [0.1, 0.15) is 6.61 Å². The molecule has 0 saturated carbocycles. The minimum atomic E-state index is -3.19. The highest BCUT2D eigenvalue weighted by atomic mass is 32.2. The van der Waals surface area contributed by atoms with Crippen LogP contribution in [0.5, 0.6) is 0 Å². The minimum Gasteiger partial charge on any atom is -0.364 e. The van der Waals surface area contributed by atoms with E-state index in [1.807, 2.05) is 0 Å². The average molecular weight is 196 g/mol. The van der Waals surface area contributed by atoms with Crippen LogP contribution in [0, 0.1) is 4.91 Å². The van der Waals surface area contributed by atoms with E-state index >= 15 is 0 Å². The van der Waals surface area contributed by atoms with Gasteiger partial charge in [0.25, 0.3) is 0 Å². The van der Waals surface area contributed by atoms with Gasteiger partial charge in [-0.2, -0.15) is 0 Å². The summed E-state index contributed by atoms with van der Waals surface area (Å²) < 4.78 is 24.1. The Labute approximate surface area is 71.3 Å². The predicted octanol–water partition coefficient (Wildman–Crippen LogP) is 0.0138. The molecule has 72 valence electrons. The maximum atomic E-state index is 10.9. The van der Waals surface area contributed by atoms with Crippen molar-refractivity contribution in [1.29, 1.82) is 0 Å². The number of nitrogens with one attached hydrogen (secondary N) is 1. The molecule has 0 aromatic carbocycles. The first-order chi connectivity index (χ1) is 5.62. The zero-order valence-electron chi connectivity index (χ0n) is 6.82. The van der Waals surface area contributed by atoms with Gasteiger partial charge in [-0.3, -0.25) is 0 Å². The summed E-state index contributed by atoms with van der Waals surface area (Å²) in [5, 5.41) is 2.14. The Morgan fingerprint density at radius 2 is 2.17 bits per heavy atom. The fourth-order valence-corrected chi connectivity index (χ4v) is 1.72. The molecule has 0 amide bonds. The molecule has 0 unspecified atom stereocenters. The third kappa shape index (κ3) is 6.05. The van der Waals surface area contributed by atoms with Crippen molar-refractivity contribution in [1.82, 2.24) is 4.72 Å². The van der Waals surface area contributed by atoms with Gasteiger partial charge in [-0.1, -0.05) is 6.92 Å². The summed E-state index contributed by atoms with van der Waals surface area (Å²) in [6.07, 6.45) is 0.265. The first-order valence-electron chi connectivity index (χ1n) is 3.54. The summed E-state index contributed by atoms with van der Waals surface area (Å²) in [4.78, 5) is 13.5. The summed E-state index contributed by atoms with van der Waals surface area (Å²) in [6.45, 7) is 2.10. The molecule has 0 aliphatic rings. The maximum Gasteiger partial charge on any atom is 0.211 e. The SMILES string of the molecule is CCNS(=O)(=O)CCCON=O. The summed E-state index contributed by atoms with van der Waals surface area (Å²) in [6, 6.07) is 0. The Balaban J connectivity index is 3.54. The van der Waals surface area contributed by atoms with Crippen LogP contribution in [0.25, 0.3) is 0 Å². The molecule has 0 aliphatic carbocycles. The van der Waals surface area contributed by atoms with Crippen molar-refractivity contribution in [2.24, 2.45) is 5.34 Å². The van der Waals surface area contributed by atoms with Gasteiger partial charge in [0.15, 0.2) is 5.34 Å². The molecule has 0 aliphatic heterocycles. The average Bonchev–Trinajstić information content (AvgIpc) is 1.98. The van der Waals surface area contributed by atoms with Crippen molar-refractivity contribution in [2.45, 2.75) is 13.3 Å². The highest BCUT2D eigenvalue weighted by Gasteiger charge is 2.07. The number of nitrogens with zero attached hydrogens (tertiary/aromatic N) is 1. The van der Waals surface area contributed by atoms with Crippen LogP contribution in [0.3, 0.4) is 0 Å². The van der Waals surface area contributed by atoms with Gasteiger partial charge in [-0.15, -0.1) is 4.91 Å². The lowest BCUT2D eigenvalue weighted by atomic mass is 10.5. The van der Waals surface area contributed by atoms with Crippen LogP contribution in [0.1, 0.15) is 13.3 Å². The molecule has 0 radical (unpaired) electrons. The van der Waals surface area contributed by atoms with Gasteiger partial charge in [-0.25, -0.2) is 13.1 Å². The third-order valence-corrected chi connectivity index (χ3v) is 2.62. The molecule has 0 saturated heterocycles. The Hall–Kier alpha value is -0.690. The van der Waals surface area contributed by atoms with E-state index in [-0.39, 0.29) is 18.8 Å². The molecule has 6 nitrogen and oxygen atoms in total. The van der Waals surface area contributed by atoms with E-state index in [1.165, 1.54) is 0 Å². The Kier molecular flexibility index (Phi) is 5.56. The summed E-state index contributed by atoms with van der Waals surface area (Å²) in [7, 11) is -3.19. The van der Waals surface area contributed by atoms with Crippen molar-refractivity contribution < 1.29 is 13.3 Å². The molecular formula is C5H12N2O4S. The monoisotopic (exact) mass is 196 g/mol. The van der Waals surface area contributed by atoms with Gasteiger partial charge in [0.05, 0.1) is 5.75 Å². The fraction of sp³-hybridized carbons (Fsp3) is 1.00. The summed E-state index contributed by atoms with van der Waals surface area (Å²) in [5.74, 6) is -0.0453. The predicted molar refractivity (Wildman–Crippen MR) is 43.8 cm³/mol. The number of hydrogen-bond acceptors (Lipinski definition) is 5. The van der Waals surface area contributed by atoms with Crippen molar-refractivity contribution in [3.63, 3.8) is 0 Å². The molecule has 0 heterocycles. The third-order valence-electron chi connectivity index (χ3n) is 1.07. The molecule has 0 fully saturated rings. The zero-order chi connectivity index (χ0) is 9.45. The highest BCUT2D eigenvalue weighted by molar-refractivity contribution is 7.89. The van der Waals surface area contributed by atoms with E-state index in [0.29, 0.717) is 6.54 Å². The van der Waals surface area contributed by atoms with E-state index in [1.54, 1.807) is 6.92 Å². The fourth-order valence-electron chi connectivity index (χ4n) is 0.643. The van der Waals surface area contributed by atoms with Gasteiger partial charge in [0, 0.05) is 6.54 Å². The molecule has 0 bridgehead atoms. The van der Waals surface area contributed by atoms with Gasteiger partial charge in [-0.05, 0) is 6.42 Å². The largest absolute Gasteiger partial charge is 0.364 e. The van der Waals surface area contributed by atoms with E-state index in [2.05, 4.69) is 14.9 Å². The molecule has 0 spiro atoms. The van der Waals surface area contributed by atoms with Crippen LogP contribution in [0.2, 0.25) is 0 Å². The quantitative estimate of drug-likeness (QED) is 0.353. The molecule has 12 heavy (non-hydrogen) atoms. The molecule has 0 aromatic heterocycles. The maximum absolute atomic E-state index is 10.9. The Morgan fingerprint density at radius 1 is 1.50 bits per heavy atom. The molecule has 0 rings (SSSR count).